The first-order chi connectivity index (χ1) is 10.2. The number of anilines is 1. The molecule has 1 aromatic rings. The average Bonchev–Trinajstić information content (AvgIpc) is 2.76. The SMILES string of the molecule is Br.CNC(=O)Nc1cc(CCN2CCCCCC2)ccc1O. The van der Waals surface area contributed by atoms with E-state index in [2.05, 4.69) is 15.5 Å². The Morgan fingerprint density at radius 2 is 1.91 bits per heavy atom. The fourth-order valence-corrected chi connectivity index (χ4v) is 2.67. The van der Waals surface area contributed by atoms with Gasteiger partial charge in [-0.2, -0.15) is 0 Å². The zero-order chi connectivity index (χ0) is 15.1. The number of phenols is 1. The van der Waals surface area contributed by atoms with Crippen molar-refractivity contribution in [3.63, 3.8) is 0 Å². The van der Waals surface area contributed by atoms with Crippen molar-refractivity contribution in [2.75, 3.05) is 32.0 Å². The van der Waals surface area contributed by atoms with Crippen LogP contribution in [0.25, 0.3) is 0 Å². The van der Waals surface area contributed by atoms with Gasteiger partial charge in [0.1, 0.15) is 5.75 Å². The Bertz CT molecular complexity index is 474. The van der Waals surface area contributed by atoms with Crippen LogP contribution in [0.1, 0.15) is 31.2 Å². The summed E-state index contributed by atoms with van der Waals surface area (Å²) in [6, 6.07) is 5.09. The Labute approximate surface area is 142 Å². The van der Waals surface area contributed by atoms with Crippen LogP contribution < -0.4 is 10.6 Å². The molecule has 1 saturated heterocycles. The highest BCUT2D eigenvalue weighted by atomic mass is 79.9. The molecule has 0 aliphatic carbocycles. The zero-order valence-corrected chi connectivity index (χ0v) is 14.8. The topological polar surface area (TPSA) is 64.6 Å². The lowest BCUT2D eigenvalue weighted by Gasteiger charge is -2.19. The minimum Gasteiger partial charge on any atom is -0.506 e. The molecule has 6 heteroatoms. The van der Waals surface area contributed by atoms with Gasteiger partial charge in [-0.3, -0.25) is 0 Å². The molecule has 0 spiro atoms. The number of carbonyl (C=O) groups is 1. The first-order valence-electron chi connectivity index (χ1n) is 7.72. The van der Waals surface area contributed by atoms with Crippen LogP contribution in [-0.2, 0) is 6.42 Å². The van der Waals surface area contributed by atoms with E-state index in [-0.39, 0.29) is 28.8 Å². The van der Waals surface area contributed by atoms with E-state index in [9.17, 15) is 9.90 Å². The van der Waals surface area contributed by atoms with Crippen LogP contribution in [-0.4, -0.2) is 42.7 Å². The van der Waals surface area contributed by atoms with Gasteiger partial charge in [0.25, 0.3) is 0 Å². The van der Waals surface area contributed by atoms with Crippen LogP contribution in [0.2, 0.25) is 0 Å². The van der Waals surface area contributed by atoms with Crippen LogP contribution in [0.4, 0.5) is 10.5 Å². The molecule has 2 rings (SSSR count). The van der Waals surface area contributed by atoms with Gasteiger partial charge in [-0.15, -0.1) is 17.0 Å². The molecule has 1 heterocycles. The molecule has 1 aromatic carbocycles. The minimum absolute atomic E-state index is 0. The lowest BCUT2D eigenvalue weighted by Crippen LogP contribution is -2.27. The highest BCUT2D eigenvalue weighted by Gasteiger charge is 2.10. The largest absolute Gasteiger partial charge is 0.506 e. The second kappa shape index (κ2) is 9.69. The number of hydrogen-bond donors (Lipinski definition) is 3. The number of phenolic OH excluding ortho intramolecular Hbond substituents is 1. The average molecular weight is 372 g/mol. The van der Waals surface area contributed by atoms with Crippen LogP contribution in [0, 0.1) is 0 Å². The Balaban J connectivity index is 0.00000242. The summed E-state index contributed by atoms with van der Waals surface area (Å²) in [4.78, 5) is 13.9. The molecule has 124 valence electrons. The van der Waals surface area contributed by atoms with Gasteiger partial charge in [0.15, 0.2) is 0 Å². The molecule has 1 aliphatic rings. The predicted molar refractivity (Wildman–Crippen MR) is 95.1 cm³/mol. The van der Waals surface area contributed by atoms with E-state index >= 15 is 0 Å². The van der Waals surface area contributed by atoms with Gasteiger partial charge < -0.3 is 20.6 Å². The molecule has 1 aliphatic heterocycles. The van der Waals surface area contributed by atoms with Crippen molar-refractivity contribution in [2.24, 2.45) is 0 Å². The molecule has 0 saturated carbocycles. The Morgan fingerprint density at radius 3 is 2.55 bits per heavy atom. The summed E-state index contributed by atoms with van der Waals surface area (Å²) in [5.41, 5.74) is 1.59. The number of halogens is 1. The Kier molecular flexibility index (Phi) is 8.27. The van der Waals surface area contributed by atoms with Crippen molar-refractivity contribution in [2.45, 2.75) is 32.1 Å². The second-order valence-electron chi connectivity index (χ2n) is 5.56. The summed E-state index contributed by atoms with van der Waals surface area (Å²) in [7, 11) is 1.55. The van der Waals surface area contributed by atoms with Crippen molar-refractivity contribution in [3.8, 4) is 5.75 Å². The number of carbonyl (C=O) groups excluding carboxylic acids is 1. The van der Waals surface area contributed by atoms with Crippen molar-refractivity contribution in [3.05, 3.63) is 23.8 Å². The molecule has 3 N–H and O–H groups in total. The summed E-state index contributed by atoms with van der Waals surface area (Å²) in [5, 5.41) is 14.9. The molecule has 0 bridgehead atoms. The first kappa shape index (κ1) is 18.8. The summed E-state index contributed by atoms with van der Waals surface area (Å²) in [6.07, 6.45) is 6.20. The Hall–Kier alpha value is -1.27. The zero-order valence-electron chi connectivity index (χ0n) is 13.1. The predicted octanol–water partition coefficient (Wildman–Crippen LogP) is 3.14. The van der Waals surface area contributed by atoms with Gasteiger partial charge in [0.05, 0.1) is 5.69 Å². The molecule has 1 fully saturated rings. The summed E-state index contributed by atoms with van der Waals surface area (Å²) >= 11 is 0. The van der Waals surface area contributed by atoms with Gasteiger partial charge in [-0.25, -0.2) is 4.79 Å². The highest BCUT2D eigenvalue weighted by molar-refractivity contribution is 8.93. The first-order valence-corrected chi connectivity index (χ1v) is 7.72. The molecular formula is C16H26BrN3O2. The van der Waals surface area contributed by atoms with Gasteiger partial charge in [0, 0.05) is 13.6 Å². The summed E-state index contributed by atoms with van der Waals surface area (Å²) in [5.74, 6) is 0.0946. The molecule has 2 amide bonds. The van der Waals surface area contributed by atoms with E-state index in [1.54, 1.807) is 13.1 Å². The van der Waals surface area contributed by atoms with Crippen LogP contribution in [0.3, 0.4) is 0 Å². The van der Waals surface area contributed by atoms with Gasteiger partial charge in [-0.05, 0) is 50.0 Å². The number of amides is 2. The number of likely N-dealkylation sites (tertiary alicyclic amines) is 1. The maximum Gasteiger partial charge on any atom is 0.319 e. The molecule has 22 heavy (non-hydrogen) atoms. The standard InChI is InChI=1S/C16H25N3O2.BrH/c1-17-16(21)18-14-12-13(6-7-15(14)20)8-11-19-9-4-2-3-5-10-19;/h6-7,12,20H,2-5,8-11H2,1H3,(H2,17,18,21);1H. The van der Waals surface area contributed by atoms with Gasteiger partial charge >= 0.3 is 6.03 Å². The van der Waals surface area contributed by atoms with Crippen LogP contribution in [0.15, 0.2) is 18.2 Å². The van der Waals surface area contributed by atoms with E-state index < -0.39 is 0 Å². The lowest BCUT2D eigenvalue weighted by molar-refractivity contribution is 0.254. The maximum atomic E-state index is 11.3. The normalized spacial score (nSPS) is 15.5. The third kappa shape index (κ3) is 5.85. The lowest BCUT2D eigenvalue weighted by atomic mass is 10.1. The van der Waals surface area contributed by atoms with E-state index in [1.165, 1.54) is 38.8 Å². The summed E-state index contributed by atoms with van der Waals surface area (Å²) < 4.78 is 0. The fourth-order valence-electron chi connectivity index (χ4n) is 2.67. The number of nitrogens with zero attached hydrogens (tertiary/aromatic N) is 1. The van der Waals surface area contributed by atoms with Crippen LogP contribution >= 0.6 is 17.0 Å². The number of urea groups is 1. The van der Waals surface area contributed by atoms with Crippen molar-refractivity contribution in [1.82, 2.24) is 10.2 Å². The Morgan fingerprint density at radius 1 is 1.23 bits per heavy atom. The van der Waals surface area contributed by atoms with E-state index in [4.69, 9.17) is 0 Å². The number of rotatable bonds is 4. The van der Waals surface area contributed by atoms with Gasteiger partial charge in [0.2, 0.25) is 0 Å². The van der Waals surface area contributed by atoms with Crippen molar-refractivity contribution >= 4 is 28.7 Å². The molecule has 0 aromatic heterocycles. The minimum atomic E-state index is -0.324. The smallest absolute Gasteiger partial charge is 0.319 e. The molecule has 0 unspecified atom stereocenters. The van der Waals surface area contributed by atoms with Crippen LogP contribution in [0.5, 0.6) is 5.75 Å². The van der Waals surface area contributed by atoms with E-state index in [0.717, 1.165) is 18.5 Å². The highest BCUT2D eigenvalue weighted by Crippen LogP contribution is 2.24. The number of nitrogens with one attached hydrogen (secondary N) is 2. The molecule has 5 nitrogen and oxygen atoms in total. The monoisotopic (exact) mass is 371 g/mol. The fraction of sp³-hybridized carbons (Fsp3) is 0.562. The third-order valence-electron chi connectivity index (χ3n) is 3.95. The molecule has 0 radical (unpaired) electrons. The number of benzene rings is 1. The van der Waals surface area contributed by atoms with E-state index in [1.807, 2.05) is 12.1 Å². The quantitative estimate of drug-likeness (QED) is 0.712. The maximum absolute atomic E-state index is 11.3. The van der Waals surface area contributed by atoms with Crippen molar-refractivity contribution in [1.29, 1.82) is 0 Å². The number of aromatic hydroxyl groups is 1. The summed E-state index contributed by atoms with van der Waals surface area (Å²) in [6.45, 7) is 3.40. The number of hydrogen-bond acceptors (Lipinski definition) is 3. The molecule has 0 atom stereocenters. The third-order valence-corrected chi connectivity index (χ3v) is 3.95. The van der Waals surface area contributed by atoms with E-state index in [0.29, 0.717) is 5.69 Å². The molecular weight excluding hydrogens is 346 g/mol. The van der Waals surface area contributed by atoms with Gasteiger partial charge in [-0.1, -0.05) is 18.9 Å². The van der Waals surface area contributed by atoms with Crippen molar-refractivity contribution < 1.29 is 9.90 Å². The second-order valence-corrected chi connectivity index (χ2v) is 5.56.